The highest BCUT2D eigenvalue weighted by atomic mass is 16.5. The first kappa shape index (κ1) is 19.4. The summed E-state index contributed by atoms with van der Waals surface area (Å²) in [5.74, 6) is -0.528. The molecule has 4 rings (SSSR count). The molecule has 2 aromatic rings. The zero-order valence-corrected chi connectivity index (χ0v) is 16.3. The van der Waals surface area contributed by atoms with Crippen LogP contribution in [-0.2, 0) is 14.4 Å². The lowest BCUT2D eigenvalue weighted by atomic mass is 10.1. The first-order valence-electron chi connectivity index (χ1n) is 9.15. The maximum absolute atomic E-state index is 13.0. The van der Waals surface area contributed by atoms with Gasteiger partial charge in [0.05, 0.1) is 19.9 Å². The molecule has 2 atom stereocenters. The van der Waals surface area contributed by atoms with Crippen molar-refractivity contribution in [3.63, 3.8) is 0 Å². The summed E-state index contributed by atoms with van der Waals surface area (Å²) < 4.78 is 10.4. The number of anilines is 2. The van der Waals surface area contributed by atoms with Crippen molar-refractivity contribution in [2.45, 2.75) is 12.1 Å². The van der Waals surface area contributed by atoms with Crippen LogP contribution in [0.3, 0.4) is 0 Å². The number of hydrogen-bond acceptors (Lipinski definition) is 8. The molecule has 30 heavy (non-hydrogen) atoms. The molecule has 1 saturated heterocycles. The summed E-state index contributed by atoms with van der Waals surface area (Å²) in [5, 5.41) is 11.8. The van der Waals surface area contributed by atoms with Crippen molar-refractivity contribution >= 4 is 29.1 Å². The van der Waals surface area contributed by atoms with Crippen molar-refractivity contribution in [1.82, 2.24) is 5.01 Å². The summed E-state index contributed by atoms with van der Waals surface area (Å²) in [6.07, 6.45) is 0. The number of methoxy groups -OCH3 is 2. The number of carbonyl (C=O) groups is 3. The van der Waals surface area contributed by atoms with Crippen molar-refractivity contribution in [2.24, 2.45) is 10.3 Å². The van der Waals surface area contributed by atoms with Gasteiger partial charge in [-0.3, -0.25) is 19.4 Å². The van der Waals surface area contributed by atoms with Crippen molar-refractivity contribution < 1.29 is 23.9 Å². The molecule has 0 unspecified atom stereocenters. The minimum absolute atomic E-state index is 0.210. The van der Waals surface area contributed by atoms with Crippen LogP contribution in [0.1, 0.15) is 0 Å². The van der Waals surface area contributed by atoms with Crippen molar-refractivity contribution in [3.8, 4) is 11.5 Å². The molecule has 0 aliphatic carbocycles. The first-order valence-corrected chi connectivity index (χ1v) is 9.15. The second kappa shape index (κ2) is 7.82. The smallest absolute Gasteiger partial charge is 0.263 e. The Kier molecular flexibility index (Phi) is 5.05. The van der Waals surface area contributed by atoms with Gasteiger partial charge in [-0.05, 0) is 24.3 Å². The largest absolute Gasteiger partial charge is 0.493 e. The van der Waals surface area contributed by atoms with Gasteiger partial charge < -0.3 is 14.8 Å². The maximum atomic E-state index is 13.0. The van der Waals surface area contributed by atoms with Gasteiger partial charge in [0.2, 0.25) is 5.91 Å². The van der Waals surface area contributed by atoms with Gasteiger partial charge >= 0.3 is 0 Å². The van der Waals surface area contributed by atoms with Crippen molar-refractivity contribution in [3.05, 3.63) is 48.5 Å². The average molecular weight is 409 g/mol. The molecule has 0 spiro atoms. The summed E-state index contributed by atoms with van der Waals surface area (Å²) in [6, 6.07) is 11.7. The number of amides is 3. The molecule has 0 saturated carbocycles. The first-order chi connectivity index (χ1) is 14.5. The Bertz CT molecular complexity index is 1030. The number of nitrogens with one attached hydrogen (secondary N) is 1. The summed E-state index contributed by atoms with van der Waals surface area (Å²) in [7, 11) is 2.96. The lowest BCUT2D eigenvalue weighted by molar-refractivity contribution is -0.123. The van der Waals surface area contributed by atoms with Crippen LogP contribution in [0.25, 0.3) is 0 Å². The minimum atomic E-state index is -0.991. The Balaban J connectivity index is 1.52. The number of imide groups is 1. The quantitative estimate of drug-likeness (QED) is 0.726. The molecule has 1 fully saturated rings. The third-order valence-electron chi connectivity index (χ3n) is 4.85. The Morgan fingerprint density at radius 2 is 1.77 bits per heavy atom. The van der Waals surface area contributed by atoms with Crippen LogP contribution in [0.15, 0.2) is 58.9 Å². The van der Waals surface area contributed by atoms with Crippen LogP contribution in [-0.4, -0.2) is 55.6 Å². The number of ether oxygens (including phenoxy) is 2. The molecular formula is C20H19N5O5. The van der Waals surface area contributed by atoms with Gasteiger partial charge in [-0.25, -0.2) is 4.90 Å². The molecule has 0 radical (unpaired) electrons. The molecule has 154 valence electrons. The zero-order chi connectivity index (χ0) is 21.3. The van der Waals surface area contributed by atoms with Gasteiger partial charge in [0, 0.05) is 11.8 Å². The Hall–Kier alpha value is -3.95. The number of rotatable bonds is 6. The fourth-order valence-corrected chi connectivity index (χ4v) is 3.44. The van der Waals surface area contributed by atoms with Crippen LogP contribution >= 0.6 is 0 Å². The van der Waals surface area contributed by atoms with Crippen molar-refractivity contribution in [2.75, 3.05) is 31.0 Å². The molecule has 10 heteroatoms. The molecule has 0 aromatic heterocycles. The number of hydrogen-bond donors (Lipinski definition) is 1. The van der Waals surface area contributed by atoms with E-state index in [4.69, 9.17) is 9.47 Å². The van der Waals surface area contributed by atoms with Gasteiger partial charge in [0.15, 0.2) is 23.6 Å². The molecule has 2 aliphatic heterocycles. The SMILES string of the molecule is COc1ccc(N2C(=O)[C@H]3N=NN(CC(=O)Nc4ccccc4)[C@@H]3C2=O)cc1OC. The fraction of sp³-hybridized carbons (Fsp3) is 0.250. The van der Waals surface area contributed by atoms with E-state index in [0.29, 0.717) is 22.9 Å². The summed E-state index contributed by atoms with van der Waals surface area (Å²) in [5.41, 5.74) is 0.955. The minimum Gasteiger partial charge on any atom is -0.493 e. The Morgan fingerprint density at radius 3 is 2.47 bits per heavy atom. The second-order valence-corrected chi connectivity index (χ2v) is 6.66. The lowest BCUT2D eigenvalue weighted by Gasteiger charge is -2.20. The Labute approximate surface area is 172 Å². The normalized spacial score (nSPS) is 19.8. The molecule has 10 nitrogen and oxygen atoms in total. The summed E-state index contributed by atoms with van der Waals surface area (Å²) in [6.45, 7) is -0.210. The van der Waals surface area contributed by atoms with Gasteiger partial charge in [0.1, 0.15) is 6.54 Å². The predicted octanol–water partition coefficient (Wildman–Crippen LogP) is 1.64. The average Bonchev–Trinajstić information content (AvgIpc) is 3.27. The topological polar surface area (TPSA) is 113 Å². The molecular weight excluding hydrogens is 390 g/mol. The van der Waals surface area contributed by atoms with Crippen molar-refractivity contribution in [1.29, 1.82) is 0 Å². The molecule has 2 aliphatic rings. The number of para-hydroxylation sites is 1. The van der Waals surface area contributed by atoms with Crippen LogP contribution in [0.4, 0.5) is 11.4 Å². The number of fused-ring (bicyclic) bond motifs is 1. The van der Waals surface area contributed by atoms with E-state index in [9.17, 15) is 14.4 Å². The van der Waals surface area contributed by atoms with E-state index in [-0.39, 0.29) is 12.5 Å². The van der Waals surface area contributed by atoms with E-state index in [2.05, 4.69) is 15.7 Å². The van der Waals surface area contributed by atoms with Gasteiger partial charge in [-0.15, -0.1) is 0 Å². The number of nitrogens with zero attached hydrogens (tertiary/aromatic N) is 4. The predicted molar refractivity (Wildman–Crippen MR) is 106 cm³/mol. The highest BCUT2D eigenvalue weighted by Gasteiger charge is 2.55. The van der Waals surface area contributed by atoms with E-state index in [1.807, 2.05) is 6.07 Å². The number of benzene rings is 2. The maximum Gasteiger partial charge on any atom is 0.263 e. The molecule has 0 bridgehead atoms. The highest BCUT2D eigenvalue weighted by molar-refractivity contribution is 6.25. The van der Waals surface area contributed by atoms with Crippen LogP contribution in [0.2, 0.25) is 0 Å². The molecule has 2 heterocycles. The third-order valence-corrected chi connectivity index (χ3v) is 4.85. The summed E-state index contributed by atoms with van der Waals surface area (Å²) >= 11 is 0. The van der Waals surface area contributed by atoms with Crippen LogP contribution < -0.4 is 19.7 Å². The van der Waals surface area contributed by atoms with E-state index in [1.54, 1.807) is 42.5 Å². The second-order valence-electron chi connectivity index (χ2n) is 6.66. The van der Waals surface area contributed by atoms with Gasteiger partial charge in [0.25, 0.3) is 11.8 Å². The molecule has 1 N–H and O–H groups in total. The van der Waals surface area contributed by atoms with E-state index in [0.717, 1.165) is 4.90 Å². The third kappa shape index (κ3) is 3.32. The summed E-state index contributed by atoms with van der Waals surface area (Å²) in [4.78, 5) is 39.3. The van der Waals surface area contributed by atoms with Crippen LogP contribution in [0, 0.1) is 0 Å². The van der Waals surface area contributed by atoms with Gasteiger partial charge in [-0.2, -0.15) is 5.11 Å². The highest BCUT2D eigenvalue weighted by Crippen LogP contribution is 2.36. The monoisotopic (exact) mass is 409 g/mol. The zero-order valence-electron chi connectivity index (χ0n) is 16.3. The van der Waals surface area contributed by atoms with E-state index < -0.39 is 23.9 Å². The lowest BCUT2D eigenvalue weighted by Crippen LogP contribution is -2.43. The standard InChI is InChI=1S/C20H19N5O5/c1-29-14-9-8-13(10-15(14)30-2)25-19(27)17-18(20(25)28)24(23-22-17)11-16(26)21-12-6-4-3-5-7-12/h3-10,17-18H,11H2,1-2H3,(H,21,26)/t17-,18-/m0/s1. The molecule has 2 aromatic carbocycles. The Morgan fingerprint density at radius 1 is 1.03 bits per heavy atom. The van der Waals surface area contributed by atoms with Gasteiger partial charge in [-0.1, -0.05) is 23.4 Å². The number of carbonyl (C=O) groups excluding carboxylic acids is 3. The van der Waals surface area contributed by atoms with E-state index >= 15 is 0 Å². The fourth-order valence-electron chi connectivity index (χ4n) is 3.44. The van der Waals surface area contributed by atoms with E-state index in [1.165, 1.54) is 19.2 Å². The van der Waals surface area contributed by atoms with Crippen LogP contribution in [0.5, 0.6) is 11.5 Å². The molecule has 3 amide bonds.